The molecule has 0 amide bonds. The molecule has 6 aromatic rings. The average Bonchev–Trinajstić information content (AvgIpc) is 3.12. The molecule has 246 valence electrons. The van der Waals surface area contributed by atoms with Gasteiger partial charge in [0, 0.05) is 47.1 Å². The summed E-state index contributed by atoms with van der Waals surface area (Å²) in [5, 5.41) is 4.89. The van der Waals surface area contributed by atoms with Crippen LogP contribution in [0.25, 0.3) is 44.1 Å². The largest absolute Gasteiger partial charge is 0.261 e. The first-order chi connectivity index (χ1) is 23.7. The highest BCUT2D eigenvalue weighted by Gasteiger charge is 2.69. The summed E-state index contributed by atoms with van der Waals surface area (Å²) in [7, 11) is 0. The second-order valence-electron chi connectivity index (χ2n) is 14.8. The van der Waals surface area contributed by atoms with Crippen LogP contribution < -0.4 is 9.13 Å². The molecule has 2 unspecified atom stereocenters. The summed E-state index contributed by atoms with van der Waals surface area (Å²) in [6.45, 7) is 18.2. The lowest BCUT2D eigenvalue weighted by Crippen LogP contribution is -2.79. The molecular formula is C46H47FN2+2. The number of pyridine rings is 2. The van der Waals surface area contributed by atoms with Gasteiger partial charge in [-0.1, -0.05) is 96.1 Å². The zero-order valence-corrected chi connectivity index (χ0v) is 29.8. The number of hydrogen-bond donors (Lipinski definition) is 0. The van der Waals surface area contributed by atoms with E-state index in [-0.39, 0.29) is 5.82 Å². The van der Waals surface area contributed by atoms with E-state index in [1.54, 1.807) is 6.07 Å². The molecule has 2 aliphatic rings. The molecular weight excluding hydrogens is 600 g/mol. The second kappa shape index (κ2) is 11.2. The first-order valence-corrected chi connectivity index (χ1v) is 18.2. The van der Waals surface area contributed by atoms with Crippen molar-refractivity contribution >= 4 is 21.5 Å². The predicted molar refractivity (Wildman–Crippen MR) is 200 cm³/mol. The molecule has 2 atom stereocenters. The van der Waals surface area contributed by atoms with Crippen LogP contribution in [-0.2, 0) is 22.9 Å². The monoisotopic (exact) mass is 646 g/mol. The molecule has 2 aromatic heterocycles. The van der Waals surface area contributed by atoms with Crippen molar-refractivity contribution in [3.8, 4) is 22.5 Å². The Morgan fingerprint density at radius 3 is 2.24 bits per heavy atom. The minimum absolute atomic E-state index is 0.132. The van der Waals surface area contributed by atoms with Crippen molar-refractivity contribution in [1.29, 1.82) is 0 Å². The number of allylic oxidation sites excluding steroid dienone is 1. The highest BCUT2D eigenvalue weighted by atomic mass is 19.1. The standard InChI is InChI=1S/C46H47FN2/c1-8-12-18-31-28-33-25-26-48-43-39(33)37(29-31)44(6,7)41-38(47)23-22-36(40(41)43)46(11-4,45(48,9-2)10-3)49-27-24-32-19-14-16-21-35(32)42(49)34-20-15-13-17-30(34)5/h9,13-17,19-29H,2,8,10-12,18H2,1,3-7H3/q+2. The predicted octanol–water partition coefficient (Wildman–Crippen LogP) is 10.8. The Labute approximate surface area is 290 Å². The molecule has 2 nitrogen and oxygen atoms in total. The highest BCUT2D eigenvalue weighted by molar-refractivity contribution is 6.02. The summed E-state index contributed by atoms with van der Waals surface area (Å²) >= 11 is 0. The van der Waals surface area contributed by atoms with Crippen molar-refractivity contribution in [3.63, 3.8) is 0 Å². The third kappa shape index (κ3) is 3.99. The maximum Gasteiger partial charge on any atom is 0.261 e. The summed E-state index contributed by atoms with van der Waals surface area (Å²) in [4.78, 5) is 0. The number of benzene rings is 4. The molecule has 0 spiro atoms. The lowest BCUT2D eigenvalue weighted by molar-refractivity contribution is -0.856. The van der Waals surface area contributed by atoms with Gasteiger partial charge in [-0.25, -0.2) is 4.39 Å². The molecule has 0 saturated heterocycles. The second-order valence-corrected chi connectivity index (χ2v) is 14.8. The molecule has 0 bridgehead atoms. The Bertz CT molecular complexity index is 2330. The summed E-state index contributed by atoms with van der Waals surface area (Å²) in [6.07, 6.45) is 11.7. The SMILES string of the molecule is C=CC1(CC)[n+]2ccc3cc(CCCC)cc4c3c2-c2c(ccc(F)c2C4(C)C)C1(CC)[n+]1ccc2ccccc2c1-c1ccccc1C. The quantitative estimate of drug-likeness (QED) is 0.115. The maximum atomic E-state index is 16.8. The van der Waals surface area contributed by atoms with E-state index in [1.807, 2.05) is 0 Å². The van der Waals surface area contributed by atoms with Crippen molar-refractivity contribution in [2.75, 3.05) is 0 Å². The minimum Gasteiger partial charge on any atom is -0.207 e. The molecule has 3 heterocycles. The van der Waals surface area contributed by atoms with E-state index >= 15 is 4.39 Å². The first kappa shape index (κ1) is 31.6. The Kier molecular flexibility index (Phi) is 7.23. The average molecular weight is 647 g/mol. The van der Waals surface area contributed by atoms with Crippen molar-refractivity contribution in [2.45, 2.75) is 90.1 Å². The number of aromatic nitrogens is 2. The first-order valence-electron chi connectivity index (χ1n) is 18.2. The molecule has 4 aromatic carbocycles. The molecule has 0 radical (unpaired) electrons. The molecule has 0 saturated carbocycles. The van der Waals surface area contributed by atoms with Crippen LogP contribution in [0.4, 0.5) is 4.39 Å². The fourth-order valence-corrected chi connectivity index (χ4v) is 9.94. The third-order valence-corrected chi connectivity index (χ3v) is 12.3. The number of aryl methyl sites for hydroxylation is 2. The molecule has 1 aliphatic heterocycles. The van der Waals surface area contributed by atoms with Crippen LogP contribution >= 0.6 is 0 Å². The summed E-state index contributed by atoms with van der Waals surface area (Å²) in [6, 6.07) is 30.6. The van der Waals surface area contributed by atoms with Crippen molar-refractivity contribution in [2.24, 2.45) is 0 Å². The van der Waals surface area contributed by atoms with Gasteiger partial charge in [0.25, 0.3) is 11.1 Å². The summed E-state index contributed by atoms with van der Waals surface area (Å²) in [5.74, 6) is -0.132. The van der Waals surface area contributed by atoms with Gasteiger partial charge in [-0.2, -0.15) is 9.13 Å². The molecule has 0 N–H and O–H groups in total. The molecule has 0 fully saturated rings. The molecule has 8 rings (SSSR count). The van der Waals surface area contributed by atoms with E-state index in [0.29, 0.717) is 0 Å². The molecule has 3 heteroatoms. The van der Waals surface area contributed by atoms with E-state index in [2.05, 4.69) is 155 Å². The Morgan fingerprint density at radius 2 is 1.51 bits per heavy atom. The Morgan fingerprint density at radius 1 is 0.776 bits per heavy atom. The number of fused-ring (bicyclic) bond motifs is 1. The third-order valence-electron chi connectivity index (χ3n) is 12.3. The summed E-state index contributed by atoms with van der Waals surface area (Å²) in [5.41, 5.74) is 8.57. The lowest BCUT2D eigenvalue weighted by Gasteiger charge is -2.47. The topological polar surface area (TPSA) is 7.76 Å². The van der Waals surface area contributed by atoms with Crippen LogP contribution in [0.2, 0.25) is 0 Å². The number of rotatable bonds is 8. The van der Waals surface area contributed by atoms with Crippen molar-refractivity contribution < 1.29 is 13.5 Å². The normalized spacial score (nSPS) is 20.1. The molecule has 1 aliphatic carbocycles. The van der Waals surface area contributed by atoms with E-state index in [9.17, 15) is 0 Å². The van der Waals surface area contributed by atoms with Gasteiger partial charge in [-0.15, -0.1) is 0 Å². The van der Waals surface area contributed by atoms with Gasteiger partial charge in [0.15, 0.2) is 12.4 Å². The van der Waals surface area contributed by atoms with Crippen molar-refractivity contribution in [1.82, 2.24) is 0 Å². The van der Waals surface area contributed by atoms with Crippen LogP contribution in [0.5, 0.6) is 0 Å². The van der Waals surface area contributed by atoms with E-state index < -0.39 is 16.5 Å². The van der Waals surface area contributed by atoms with Gasteiger partial charge in [0.2, 0.25) is 11.4 Å². The van der Waals surface area contributed by atoms with Gasteiger partial charge in [-0.3, -0.25) is 0 Å². The Balaban J connectivity index is 1.59. The zero-order valence-electron chi connectivity index (χ0n) is 29.8. The number of halogens is 1. The van der Waals surface area contributed by atoms with Crippen LogP contribution in [0.1, 0.15) is 88.1 Å². The smallest absolute Gasteiger partial charge is 0.207 e. The number of hydrogen-bond acceptors (Lipinski definition) is 0. The van der Waals surface area contributed by atoms with Gasteiger partial charge in [-0.05, 0) is 77.6 Å². The van der Waals surface area contributed by atoms with Crippen LogP contribution in [0.3, 0.4) is 0 Å². The maximum absolute atomic E-state index is 16.8. The van der Waals surface area contributed by atoms with Gasteiger partial charge in [0.05, 0.1) is 16.3 Å². The van der Waals surface area contributed by atoms with Crippen molar-refractivity contribution in [3.05, 3.63) is 144 Å². The number of nitrogens with zero attached hydrogens (tertiary/aromatic N) is 2. The summed E-state index contributed by atoms with van der Waals surface area (Å²) < 4.78 is 21.8. The Hall–Kier alpha value is -4.63. The van der Waals surface area contributed by atoms with Crippen LogP contribution in [0, 0.1) is 12.7 Å². The van der Waals surface area contributed by atoms with E-state index in [0.717, 1.165) is 48.9 Å². The minimum atomic E-state index is -0.636. The van der Waals surface area contributed by atoms with E-state index in [4.69, 9.17) is 0 Å². The zero-order chi connectivity index (χ0) is 34.3. The van der Waals surface area contributed by atoms with E-state index in [1.165, 1.54) is 55.1 Å². The van der Waals surface area contributed by atoms with Gasteiger partial charge in [0.1, 0.15) is 5.82 Å². The number of unbranched alkanes of at least 4 members (excludes halogenated alkanes) is 1. The van der Waals surface area contributed by atoms with Crippen LogP contribution in [-0.4, -0.2) is 0 Å². The van der Waals surface area contributed by atoms with Gasteiger partial charge >= 0.3 is 0 Å². The van der Waals surface area contributed by atoms with Crippen LogP contribution in [0.15, 0.2) is 110 Å². The fraction of sp³-hybridized carbons (Fsp3) is 0.304. The van der Waals surface area contributed by atoms with Gasteiger partial charge < -0.3 is 0 Å². The fourth-order valence-electron chi connectivity index (χ4n) is 9.94. The lowest BCUT2D eigenvalue weighted by atomic mass is 9.59. The molecule has 49 heavy (non-hydrogen) atoms. The highest BCUT2D eigenvalue weighted by Crippen LogP contribution is 2.57.